The van der Waals surface area contributed by atoms with Crippen LogP contribution in [-0.2, 0) is 11.0 Å². The summed E-state index contributed by atoms with van der Waals surface area (Å²) in [6, 6.07) is 10.0. The molecule has 1 N–H and O–H groups in total. The van der Waals surface area contributed by atoms with Crippen LogP contribution in [0.25, 0.3) is 10.9 Å². The molecule has 0 radical (unpaired) electrons. The van der Waals surface area contributed by atoms with Crippen LogP contribution in [0.3, 0.4) is 0 Å². The number of carbonyl (C=O) groups excluding carboxylic acids is 2. The first kappa shape index (κ1) is 23.0. The van der Waals surface area contributed by atoms with E-state index in [9.17, 15) is 27.9 Å². The van der Waals surface area contributed by atoms with Gasteiger partial charge in [0.25, 0.3) is 5.91 Å². The summed E-state index contributed by atoms with van der Waals surface area (Å²) in [6.45, 7) is 0.924. The first-order valence-electron chi connectivity index (χ1n) is 11.1. The highest BCUT2D eigenvalue weighted by Crippen LogP contribution is 2.31. The molecule has 2 saturated heterocycles. The van der Waals surface area contributed by atoms with Gasteiger partial charge < -0.3 is 19.6 Å². The molecule has 182 valence electrons. The number of hydrogen-bond donors (Lipinski definition) is 1. The van der Waals surface area contributed by atoms with Crippen LogP contribution in [0.4, 0.5) is 13.2 Å². The molecular formula is C24H21F3N4O4. The Morgan fingerprint density at radius 3 is 2.69 bits per heavy atom. The molecule has 0 aliphatic carbocycles. The van der Waals surface area contributed by atoms with Gasteiger partial charge in [0, 0.05) is 43.7 Å². The van der Waals surface area contributed by atoms with Gasteiger partial charge in [0.05, 0.1) is 23.2 Å². The van der Waals surface area contributed by atoms with Crippen LogP contribution in [0.2, 0.25) is 0 Å². The second-order valence-electron chi connectivity index (χ2n) is 8.63. The summed E-state index contributed by atoms with van der Waals surface area (Å²) in [5, 5.41) is 10.6. The van der Waals surface area contributed by atoms with Crippen LogP contribution in [0.15, 0.2) is 48.7 Å². The largest absolute Gasteiger partial charge is 0.439 e. The van der Waals surface area contributed by atoms with Gasteiger partial charge in [-0.3, -0.25) is 9.59 Å². The number of aliphatic hydroxyl groups is 1. The zero-order chi connectivity index (χ0) is 24.7. The van der Waals surface area contributed by atoms with Gasteiger partial charge in [0.2, 0.25) is 11.8 Å². The topological polar surface area (TPSA) is 95.9 Å². The number of nitrogens with zero attached hydrogens (tertiary/aromatic N) is 4. The first-order chi connectivity index (χ1) is 16.7. The molecule has 2 aromatic heterocycles. The molecule has 2 aliphatic rings. The van der Waals surface area contributed by atoms with E-state index in [0.29, 0.717) is 42.4 Å². The molecule has 8 nitrogen and oxygen atoms in total. The molecule has 0 unspecified atom stereocenters. The number of fused-ring (bicyclic) bond motifs is 2. The van der Waals surface area contributed by atoms with E-state index in [-0.39, 0.29) is 42.4 Å². The average Bonchev–Trinajstić information content (AvgIpc) is 3.13. The molecule has 4 heterocycles. The molecule has 35 heavy (non-hydrogen) atoms. The number of aliphatic hydroxyl groups excluding tert-OH is 1. The number of halogens is 3. The number of amides is 2. The summed E-state index contributed by atoms with van der Waals surface area (Å²) < 4.78 is 43.7. The minimum Gasteiger partial charge on any atom is -0.439 e. The molecule has 0 saturated carbocycles. The Morgan fingerprint density at radius 2 is 1.94 bits per heavy atom. The van der Waals surface area contributed by atoms with Crippen molar-refractivity contribution in [3.8, 4) is 11.6 Å². The minimum absolute atomic E-state index is 0.0129. The quantitative estimate of drug-likeness (QED) is 0.611. The Labute approximate surface area is 197 Å². The highest BCUT2D eigenvalue weighted by Gasteiger charge is 2.38. The van der Waals surface area contributed by atoms with Crippen LogP contribution in [0.5, 0.6) is 11.6 Å². The van der Waals surface area contributed by atoms with Gasteiger partial charge in [-0.15, -0.1) is 0 Å². The fourth-order valence-electron chi connectivity index (χ4n) is 4.45. The number of aromatic nitrogens is 2. The number of pyridine rings is 2. The highest BCUT2D eigenvalue weighted by molar-refractivity contribution is 5.95. The van der Waals surface area contributed by atoms with Crippen molar-refractivity contribution < 1.29 is 32.6 Å². The fraction of sp³-hybridized carbons (Fsp3) is 0.333. The Morgan fingerprint density at radius 1 is 1.11 bits per heavy atom. The van der Waals surface area contributed by atoms with Crippen molar-refractivity contribution in [2.45, 2.75) is 31.2 Å². The van der Waals surface area contributed by atoms with Gasteiger partial charge in [-0.05, 0) is 36.8 Å². The maximum atomic E-state index is 13.1. The Bertz CT molecular complexity index is 1280. The lowest BCUT2D eigenvalue weighted by atomic mass is 10.1. The monoisotopic (exact) mass is 486 g/mol. The molecule has 2 fully saturated rings. The van der Waals surface area contributed by atoms with Crippen LogP contribution >= 0.6 is 0 Å². The Kier molecular flexibility index (Phi) is 5.79. The van der Waals surface area contributed by atoms with E-state index in [1.807, 2.05) is 0 Å². The standard InChI is InChI=1S/C24H21F3N4O4/c25-24(26,27)15-2-6-21(28-11-15)35-18-3-5-19-14(9-18)1-4-20(29-19)23(34)30-8-7-22(33)31-13-17(32)10-16(31)12-30/h1-6,9,11,16-17,32H,7-8,10,12-13H2/t16-,17-/m0/s1. The van der Waals surface area contributed by atoms with Crippen molar-refractivity contribution in [3.05, 3.63) is 59.9 Å². The van der Waals surface area contributed by atoms with E-state index in [1.165, 1.54) is 0 Å². The molecule has 3 aromatic rings. The third kappa shape index (κ3) is 4.76. The Hall–Kier alpha value is -3.73. The predicted molar refractivity (Wildman–Crippen MR) is 118 cm³/mol. The normalized spacial score (nSPS) is 20.6. The lowest BCUT2D eigenvalue weighted by Crippen LogP contribution is -2.40. The maximum absolute atomic E-state index is 13.1. The minimum atomic E-state index is -4.48. The molecule has 2 aliphatic heterocycles. The van der Waals surface area contributed by atoms with Crippen molar-refractivity contribution in [3.63, 3.8) is 0 Å². The summed E-state index contributed by atoms with van der Waals surface area (Å²) >= 11 is 0. The average molecular weight is 486 g/mol. The van der Waals surface area contributed by atoms with Crippen molar-refractivity contribution in [1.29, 1.82) is 0 Å². The second-order valence-corrected chi connectivity index (χ2v) is 8.63. The second kappa shape index (κ2) is 8.81. The summed E-state index contributed by atoms with van der Waals surface area (Å²) in [6.07, 6.45) is -3.71. The molecule has 5 rings (SSSR count). The van der Waals surface area contributed by atoms with Gasteiger partial charge >= 0.3 is 6.18 Å². The van der Waals surface area contributed by atoms with Gasteiger partial charge in [-0.2, -0.15) is 13.2 Å². The number of alkyl halides is 3. The van der Waals surface area contributed by atoms with Crippen LogP contribution in [-0.4, -0.2) is 68.5 Å². The first-order valence-corrected chi connectivity index (χ1v) is 11.1. The predicted octanol–water partition coefficient (Wildman–Crippen LogP) is 3.25. The summed E-state index contributed by atoms with van der Waals surface area (Å²) in [5.41, 5.74) is -0.0993. The zero-order valence-corrected chi connectivity index (χ0v) is 18.4. The van der Waals surface area contributed by atoms with E-state index in [0.717, 1.165) is 12.1 Å². The van der Waals surface area contributed by atoms with Gasteiger partial charge in [0.15, 0.2) is 0 Å². The lowest BCUT2D eigenvalue weighted by Gasteiger charge is -2.25. The number of rotatable bonds is 3. The van der Waals surface area contributed by atoms with Gasteiger partial charge in [-0.1, -0.05) is 6.07 Å². The van der Waals surface area contributed by atoms with Gasteiger partial charge in [-0.25, -0.2) is 9.97 Å². The molecule has 2 atom stereocenters. The Balaban J connectivity index is 1.31. The number of ether oxygens (including phenoxy) is 1. The van der Waals surface area contributed by atoms with E-state index in [1.54, 1.807) is 40.1 Å². The third-order valence-corrected chi connectivity index (χ3v) is 6.19. The molecular weight excluding hydrogens is 465 g/mol. The van der Waals surface area contributed by atoms with Crippen LogP contribution in [0.1, 0.15) is 28.9 Å². The number of carbonyl (C=O) groups is 2. The lowest BCUT2D eigenvalue weighted by molar-refractivity contribution is -0.137. The summed E-state index contributed by atoms with van der Waals surface area (Å²) in [4.78, 5) is 36.9. The summed E-state index contributed by atoms with van der Waals surface area (Å²) in [7, 11) is 0. The highest BCUT2D eigenvalue weighted by atomic mass is 19.4. The number of hydrogen-bond acceptors (Lipinski definition) is 6. The third-order valence-electron chi connectivity index (χ3n) is 6.19. The van der Waals surface area contributed by atoms with E-state index < -0.39 is 17.8 Å². The van der Waals surface area contributed by atoms with Crippen molar-refractivity contribution >= 4 is 22.7 Å². The summed E-state index contributed by atoms with van der Waals surface area (Å²) in [5.74, 6) is 0.0102. The maximum Gasteiger partial charge on any atom is 0.417 e. The SMILES string of the molecule is O=C(c1ccc2cc(Oc3ccc(C(F)(F)F)cn3)ccc2n1)N1CCC(=O)N2C[C@@H](O)C[C@H]2C1. The number of benzene rings is 1. The van der Waals surface area contributed by atoms with Gasteiger partial charge in [0.1, 0.15) is 11.4 Å². The smallest absolute Gasteiger partial charge is 0.417 e. The molecule has 0 spiro atoms. The van der Waals surface area contributed by atoms with Crippen LogP contribution < -0.4 is 4.74 Å². The molecule has 2 amide bonds. The molecule has 1 aromatic carbocycles. The molecule has 11 heteroatoms. The van der Waals surface area contributed by atoms with Crippen molar-refractivity contribution in [2.24, 2.45) is 0 Å². The van der Waals surface area contributed by atoms with Crippen molar-refractivity contribution in [2.75, 3.05) is 19.6 Å². The van der Waals surface area contributed by atoms with Crippen LogP contribution in [0, 0.1) is 0 Å². The zero-order valence-electron chi connectivity index (χ0n) is 18.4. The van der Waals surface area contributed by atoms with E-state index in [2.05, 4.69) is 9.97 Å². The van der Waals surface area contributed by atoms with E-state index in [4.69, 9.17) is 4.74 Å². The fourth-order valence-corrected chi connectivity index (χ4v) is 4.45. The van der Waals surface area contributed by atoms with Crippen molar-refractivity contribution in [1.82, 2.24) is 19.8 Å². The van der Waals surface area contributed by atoms with E-state index >= 15 is 0 Å². The molecule has 0 bridgehead atoms.